The maximum Gasteiger partial charge on any atom is 0.238 e. The number of benzene rings is 18. The van der Waals surface area contributed by atoms with Gasteiger partial charge in [-0.2, -0.15) is 19.9 Å². The second-order valence-electron chi connectivity index (χ2n) is 33.1. The summed E-state index contributed by atoms with van der Waals surface area (Å²) in [5, 5.41) is 8.63. The molecule has 1 unspecified atom stereocenters. The average Bonchev–Trinajstić information content (AvgIpc) is 1.53. The molecule has 0 N–H and O–H groups in total. The van der Waals surface area contributed by atoms with Gasteiger partial charge < -0.3 is 8.83 Å². The van der Waals surface area contributed by atoms with Gasteiger partial charge in [-0.15, -0.1) is 0 Å². The molecular formula is C116H70N8O2. The Hall–Kier alpha value is -16.8. The van der Waals surface area contributed by atoms with E-state index in [4.69, 9.17) is 38.7 Å². The van der Waals surface area contributed by atoms with E-state index in [1.54, 1.807) is 0 Å². The van der Waals surface area contributed by atoms with Gasteiger partial charge in [0.25, 0.3) is 0 Å². The third-order valence-corrected chi connectivity index (χ3v) is 26.4. The smallest absolute Gasteiger partial charge is 0.238 e. The quantitative estimate of drug-likeness (QED) is 0.112. The zero-order valence-electron chi connectivity index (χ0n) is 67.8. The van der Waals surface area contributed by atoms with Gasteiger partial charge in [-0.1, -0.05) is 346 Å². The number of hydrogen-bond acceptors (Lipinski definition) is 8. The van der Waals surface area contributed by atoms with Crippen LogP contribution in [0.5, 0.6) is 0 Å². The first-order chi connectivity index (χ1) is 62.4. The maximum atomic E-state index is 7.04. The summed E-state index contributed by atoms with van der Waals surface area (Å²) in [6.45, 7) is 0. The maximum absolute atomic E-state index is 7.04. The Labute approximate surface area is 723 Å². The number of aromatic nitrogens is 8. The Morgan fingerprint density at radius 3 is 1.02 bits per heavy atom. The molecule has 2 aliphatic carbocycles. The minimum Gasteiger partial charge on any atom is -0.456 e. The van der Waals surface area contributed by atoms with Crippen LogP contribution in [-0.2, 0) is 10.8 Å². The Balaban J connectivity index is 0.542. The van der Waals surface area contributed by atoms with Crippen LogP contribution >= 0.6 is 0 Å². The zero-order valence-corrected chi connectivity index (χ0v) is 67.8. The van der Waals surface area contributed by atoms with Crippen molar-refractivity contribution in [2.24, 2.45) is 0 Å². The first-order valence-electron chi connectivity index (χ1n) is 42.8. The summed E-state index contributed by atoms with van der Waals surface area (Å²) in [5.74, 6) is 3.44. The predicted octanol–water partition coefficient (Wildman–Crippen LogP) is 28.4. The molecule has 2 aliphatic rings. The molecule has 18 aromatic carbocycles. The van der Waals surface area contributed by atoms with Crippen molar-refractivity contribution < 1.29 is 8.83 Å². The Bertz CT molecular complexity index is 8460. The van der Waals surface area contributed by atoms with E-state index < -0.39 is 10.8 Å². The van der Waals surface area contributed by atoms with Crippen molar-refractivity contribution in [2.45, 2.75) is 10.8 Å². The molecule has 6 aromatic heterocycles. The van der Waals surface area contributed by atoms with Crippen LogP contribution in [0, 0.1) is 0 Å². The molecule has 1 atom stereocenters. The molecule has 0 saturated heterocycles. The van der Waals surface area contributed by atoms with Crippen LogP contribution in [0.4, 0.5) is 0 Å². The number of furan rings is 2. The van der Waals surface area contributed by atoms with Crippen molar-refractivity contribution in [3.8, 4) is 113 Å². The minimum atomic E-state index is -0.692. The summed E-state index contributed by atoms with van der Waals surface area (Å²) >= 11 is 0. The van der Waals surface area contributed by atoms with E-state index in [2.05, 4.69) is 355 Å². The highest BCUT2D eigenvalue weighted by atomic mass is 16.3. The molecule has 10 nitrogen and oxygen atoms in total. The Kier molecular flexibility index (Phi) is 15.7. The zero-order chi connectivity index (χ0) is 82.7. The number of nitrogens with zero attached hydrogens (tertiary/aromatic N) is 8. The van der Waals surface area contributed by atoms with Crippen LogP contribution in [0.2, 0.25) is 0 Å². The molecule has 0 saturated carbocycles. The van der Waals surface area contributed by atoms with E-state index in [0.717, 1.165) is 149 Å². The number of para-hydroxylation sites is 2. The molecule has 10 heteroatoms. The first-order valence-corrected chi connectivity index (χ1v) is 42.8. The lowest BCUT2D eigenvalue weighted by atomic mass is 9.67. The van der Waals surface area contributed by atoms with E-state index >= 15 is 0 Å². The van der Waals surface area contributed by atoms with Crippen LogP contribution < -0.4 is 0 Å². The SMILES string of the molecule is c1ccc(-c2nc(-c3ccccc3)nc(-n3c4ccccc4c4cc(-c5ccc6oc7cc8c(cc7c6c5)-c5ccccc5C8(c5ccccc5)c5ccc(-c6ccc(-c7nc(-c8ccccc8)nc(-n8c9ccccc9c9cc(-c%10cccc%11oc%12cc%13c(cc%12c%10%11)-c%10ccccc%10C%13(c%10ccccc%10)c%10ccccc%10)ccc98)n7)cc6)cc5)ccc43)n2)cc1. The summed E-state index contributed by atoms with van der Waals surface area (Å²) in [4.78, 5) is 31.5. The van der Waals surface area contributed by atoms with E-state index in [0.29, 0.717) is 35.2 Å². The average molecular weight is 1610 g/mol. The lowest BCUT2D eigenvalue weighted by Crippen LogP contribution is -2.28. The van der Waals surface area contributed by atoms with Crippen molar-refractivity contribution in [3.05, 3.63) is 469 Å². The Morgan fingerprint density at radius 2 is 0.524 bits per heavy atom. The highest BCUT2D eigenvalue weighted by molar-refractivity contribution is 6.18. The minimum absolute atomic E-state index is 0.524. The standard InChI is InChI=1S/C116H70N8O2/c1-7-28-73(29-8-1)109-117-110(74-30-9-2-10-31-74)120-113(119-109)123-100-47-25-21-42-87(100)91-64-77(56-61-102(91)123)78-58-63-104-93(65-78)94-67-89-85-40-19-24-46-97(85)116(82-38-17-6-18-39-82,98(89)69-106(94)125-104)83-59-54-72(55-60-83)71-50-52-76(53-51-71)112-118-111(75-32-11-3-12-33-75)121-114(122-112)124-101-48-26-22-43-88(101)92-66-79(57-62-103(92)124)84-44-27-49-105-108(84)95-68-90-86-41-20-23-45-96(86)115(80-34-13-4-14-35-80,81-36-15-5-16-37-81)99(90)70-107(95)126-105/h1-70H. The van der Waals surface area contributed by atoms with Gasteiger partial charge in [-0.05, 0) is 179 Å². The van der Waals surface area contributed by atoms with Gasteiger partial charge in [0.2, 0.25) is 11.9 Å². The van der Waals surface area contributed by atoms with Crippen molar-refractivity contribution in [3.63, 3.8) is 0 Å². The molecule has 0 radical (unpaired) electrons. The fourth-order valence-electron chi connectivity index (χ4n) is 20.9. The van der Waals surface area contributed by atoms with Gasteiger partial charge >= 0.3 is 0 Å². The van der Waals surface area contributed by atoms with Crippen LogP contribution in [-0.4, -0.2) is 39.0 Å². The topological polar surface area (TPSA) is 113 Å². The summed E-state index contributed by atoms with van der Waals surface area (Å²) in [7, 11) is 0. The number of hydrogen-bond donors (Lipinski definition) is 0. The molecule has 0 bridgehead atoms. The van der Waals surface area contributed by atoms with E-state index in [9.17, 15) is 0 Å². The second kappa shape index (κ2) is 27.9. The van der Waals surface area contributed by atoms with Crippen molar-refractivity contribution in [1.82, 2.24) is 39.0 Å². The van der Waals surface area contributed by atoms with Crippen LogP contribution in [0.3, 0.4) is 0 Å². The molecule has 6 heterocycles. The molecule has 0 spiro atoms. The second-order valence-corrected chi connectivity index (χ2v) is 33.1. The normalized spacial score (nSPS) is 13.8. The van der Waals surface area contributed by atoms with Crippen LogP contribution in [0.1, 0.15) is 44.5 Å². The van der Waals surface area contributed by atoms with Gasteiger partial charge in [0.15, 0.2) is 23.3 Å². The van der Waals surface area contributed by atoms with Gasteiger partial charge in [0.05, 0.1) is 32.9 Å². The summed E-state index contributed by atoms with van der Waals surface area (Å²) in [6, 6.07) is 152. The predicted molar refractivity (Wildman–Crippen MR) is 509 cm³/mol. The van der Waals surface area contributed by atoms with Crippen LogP contribution in [0.25, 0.3) is 201 Å². The van der Waals surface area contributed by atoms with Gasteiger partial charge in [0, 0.05) is 65.3 Å². The Morgan fingerprint density at radius 1 is 0.183 bits per heavy atom. The monoisotopic (exact) mass is 1610 g/mol. The van der Waals surface area contributed by atoms with Crippen molar-refractivity contribution in [2.75, 3.05) is 0 Å². The summed E-state index contributed by atoms with van der Waals surface area (Å²) in [6.07, 6.45) is 0. The molecule has 586 valence electrons. The van der Waals surface area contributed by atoms with Crippen molar-refractivity contribution in [1.29, 1.82) is 0 Å². The molecule has 24 aromatic rings. The van der Waals surface area contributed by atoms with Gasteiger partial charge in [0.1, 0.15) is 22.3 Å². The highest BCUT2D eigenvalue weighted by Crippen LogP contribution is 2.60. The third-order valence-electron chi connectivity index (χ3n) is 26.4. The fraction of sp³-hybridized carbons (Fsp3) is 0.0172. The lowest BCUT2D eigenvalue weighted by molar-refractivity contribution is 0.665. The molecule has 126 heavy (non-hydrogen) atoms. The third kappa shape index (κ3) is 10.7. The van der Waals surface area contributed by atoms with Gasteiger partial charge in [-0.25, -0.2) is 9.97 Å². The molecule has 0 aliphatic heterocycles. The summed E-state index contributed by atoms with van der Waals surface area (Å²) < 4.78 is 18.4. The highest BCUT2D eigenvalue weighted by Gasteiger charge is 2.48. The number of rotatable bonds is 13. The van der Waals surface area contributed by atoms with E-state index in [1.807, 2.05) is 78.9 Å². The van der Waals surface area contributed by atoms with Crippen molar-refractivity contribution >= 4 is 87.5 Å². The lowest BCUT2D eigenvalue weighted by Gasteiger charge is -2.34. The molecule has 0 fully saturated rings. The molecule has 0 amide bonds. The molecule has 26 rings (SSSR count). The van der Waals surface area contributed by atoms with E-state index in [1.165, 1.54) is 61.2 Å². The largest absolute Gasteiger partial charge is 0.456 e. The van der Waals surface area contributed by atoms with Crippen LogP contribution in [0.15, 0.2) is 433 Å². The first kappa shape index (κ1) is 71.0. The molecular weight excluding hydrogens is 1540 g/mol. The number of fused-ring (bicyclic) bond motifs is 18. The van der Waals surface area contributed by atoms with E-state index in [-0.39, 0.29) is 0 Å². The van der Waals surface area contributed by atoms with Gasteiger partial charge in [-0.3, -0.25) is 9.13 Å². The fourth-order valence-corrected chi connectivity index (χ4v) is 20.9. The summed E-state index contributed by atoms with van der Waals surface area (Å²) in [5.41, 5.74) is 30.6.